The van der Waals surface area contributed by atoms with Crippen LogP contribution >= 0.6 is 0 Å². The number of aliphatic carboxylic acids is 1. The number of hydrogen-bond donors (Lipinski definition) is 2. The largest absolute Gasteiger partial charge is 0.481 e. The molecular formula is C14H19NO3. The van der Waals surface area contributed by atoms with Crippen LogP contribution < -0.4 is 5.32 Å². The van der Waals surface area contributed by atoms with E-state index in [4.69, 9.17) is 5.11 Å². The molecule has 98 valence electrons. The van der Waals surface area contributed by atoms with Gasteiger partial charge in [-0.05, 0) is 11.5 Å². The highest BCUT2D eigenvalue weighted by molar-refractivity contribution is 5.82. The van der Waals surface area contributed by atoms with Crippen molar-refractivity contribution in [3.05, 3.63) is 35.9 Å². The molecule has 0 bridgehead atoms. The quantitative estimate of drug-likeness (QED) is 0.811. The van der Waals surface area contributed by atoms with Crippen LogP contribution in [0.3, 0.4) is 0 Å². The Labute approximate surface area is 107 Å². The van der Waals surface area contributed by atoms with Gasteiger partial charge in [-0.1, -0.05) is 44.2 Å². The first-order chi connectivity index (χ1) is 8.50. The van der Waals surface area contributed by atoms with E-state index in [2.05, 4.69) is 5.32 Å². The third-order valence-corrected chi connectivity index (χ3v) is 2.86. The Morgan fingerprint density at radius 2 is 1.83 bits per heavy atom. The molecule has 0 aliphatic carbocycles. The minimum atomic E-state index is -0.917. The predicted molar refractivity (Wildman–Crippen MR) is 68.9 cm³/mol. The Morgan fingerprint density at radius 3 is 2.33 bits per heavy atom. The topological polar surface area (TPSA) is 66.4 Å². The first-order valence-electron chi connectivity index (χ1n) is 6.04. The van der Waals surface area contributed by atoms with Gasteiger partial charge in [-0.2, -0.15) is 0 Å². The van der Waals surface area contributed by atoms with Crippen molar-refractivity contribution in [3.8, 4) is 0 Å². The van der Waals surface area contributed by atoms with Gasteiger partial charge in [-0.25, -0.2) is 0 Å². The first kappa shape index (κ1) is 14.2. The molecule has 4 nitrogen and oxygen atoms in total. The second-order valence-corrected chi connectivity index (χ2v) is 4.66. The van der Waals surface area contributed by atoms with Crippen LogP contribution in [0.5, 0.6) is 0 Å². The van der Waals surface area contributed by atoms with E-state index in [0.717, 1.165) is 5.56 Å². The molecular weight excluding hydrogens is 230 g/mol. The normalized spacial score (nSPS) is 12.2. The maximum absolute atomic E-state index is 11.7. The minimum absolute atomic E-state index is 0.0276. The number of carbonyl (C=O) groups is 2. The molecule has 0 aliphatic rings. The molecule has 0 unspecified atom stereocenters. The van der Waals surface area contributed by atoms with Crippen LogP contribution in [0, 0.1) is 11.8 Å². The highest BCUT2D eigenvalue weighted by Gasteiger charge is 2.24. The van der Waals surface area contributed by atoms with E-state index in [0.29, 0.717) is 6.54 Å². The zero-order chi connectivity index (χ0) is 13.5. The number of hydrogen-bond acceptors (Lipinski definition) is 2. The molecule has 1 aromatic carbocycles. The van der Waals surface area contributed by atoms with Crippen LogP contribution in [0.4, 0.5) is 0 Å². The van der Waals surface area contributed by atoms with Crippen molar-refractivity contribution >= 4 is 11.9 Å². The predicted octanol–water partition coefficient (Wildman–Crippen LogP) is 2.05. The van der Waals surface area contributed by atoms with Crippen LogP contribution in [-0.2, 0) is 16.1 Å². The highest BCUT2D eigenvalue weighted by Crippen LogP contribution is 2.15. The molecule has 0 aliphatic heterocycles. The zero-order valence-corrected chi connectivity index (χ0v) is 10.7. The smallest absolute Gasteiger partial charge is 0.307 e. The first-order valence-corrected chi connectivity index (χ1v) is 6.04. The number of carboxylic acid groups (broad SMARTS) is 1. The van der Waals surface area contributed by atoms with Gasteiger partial charge in [-0.15, -0.1) is 0 Å². The SMILES string of the molecule is CC(C)[C@H](CC(=O)NCc1ccccc1)C(=O)O. The molecule has 0 spiro atoms. The lowest BCUT2D eigenvalue weighted by atomic mass is 9.92. The van der Waals surface area contributed by atoms with Crippen molar-refractivity contribution in [1.82, 2.24) is 5.32 Å². The summed E-state index contributed by atoms with van der Waals surface area (Å²) in [6.07, 6.45) is 0.0276. The maximum atomic E-state index is 11.7. The molecule has 0 saturated heterocycles. The van der Waals surface area contributed by atoms with Crippen LogP contribution in [0.1, 0.15) is 25.8 Å². The van der Waals surface area contributed by atoms with Gasteiger partial charge in [0, 0.05) is 13.0 Å². The lowest BCUT2D eigenvalue weighted by Crippen LogP contribution is -2.30. The van der Waals surface area contributed by atoms with Crippen LogP contribution in [0.15, 0.2) is 30.3 Å². The molecule has 0 saturated carbocycles. The Morgan fingerprint density at radius 1 is 1.22 bits per heavy atom. The summed E-state index contributed by atoms with van der Waals surface area (Å²) in [6, 6.07) is 9.53. The van der Waals surface area contributed by atoms with E-state index in [1.807, 2.05) is 44.2 Å². The Kier molecular flexibility index (Phi) is 5.36. The highest BCUT2D eigenvalue weighted by atomic mass is 16.4. The molecule has 0 fully saturated rings. The molecule has 18 heavy (non-hydrogen) atoms. The van der Waals surface area contributed by atoms with Crippen molar-refractivity contribution in [2.24, 2.45) is 11.8 Å². The van der Waals surface area contributed by atoms with Gasteiger partial charge in [0.15, 0.2) is 0 Å². The number of rotatable bonds is 6. The van der Waals surface area contributed by atoms with E-state index in [9.17, 15) is 9.59 Å². The Bertz CT molecular complexity index is 401. The minimum Gasteiger partial charge on any atom is -0.481 e. The van der Waals surface area contributed by atoms with E-state index < -0.39 is 11.9 Å². The standard InChI is InChI=1S/C14H19NO3/c1-10(2)12(14(17)18)8-13(16)15-9-11-6-4-3-5-7-11/h3-7,10,12H,8-9H2,1-2H3,(H,15,16)(H,17,18)/t12-/m0/s1. The number of benzene rings is 1. The fourth-order valence-corrected chi connectivity index (χ4v) is 1.68. The summed E-state index contributed by atoms with van der Waals surface area (Å²) < 4.78 is 0. The van der Waals surface area contributed by atoms with Gasteiger partial charge in [0.2, 0.25) is 5.91 Å². The molecule has 1 atom stereocenters. The van der Waals surface area contributed by atoms with Gasteiger partial charge in [0.05, 0.1) is 5.92 Å². The van der Waals surface area contributed by atoms with Crippen LogP contribution in [-0.4, -0.2) is 17.0 Å². The average molecular weight is 249 g/mol. The number of amides is 1. The molecule has 0 radical (unpaired) electrons. The summed E-state index contributed by atoms with van der Waals surface area (Å²) >= 11 is 0. The molecule has 2 N–H and O–H groups in total. The Hall–Kier alpha value is -1.84. The van der Waals surface area contributed by atoms with E-state index >= 15 is 0 Å². The van der Waals surface area contributed by atoms with Crippen molar-refractivity contribution in [2.75, 3.05) is 0 Å². The van der Waals surface area contributed by atoms with Crippen molar-refractivity contribution in [2.45, 2.75) is 26.8 Å². The fourth-order valence-electron chi connectivity index (χ4n) is 1.68. The summed E-state index contributed by atoms with van der Waals surface area (Å²) in [7, 11) is 0. The average Bonchev–Trinajstić information content (AvgIpc) is 2.34. The number of nitrogens with one attached hydrogen (secondary N) is 1. The van der Waals surface area contributed by atoms with Gasteiger partial charge >= 0.3 is 5.97 Å². The van der Waals surface area contributed by atoms with Gasteiger partial charge in [0.1, 0.15) is 0 Å². The Balaban J connectivity index is 2.44. The van der Waals surface area contributed by atoms with E-state index in [-0.39, 0.29) is 18.2 Å². The molecule has 1 amide bonds. The zero-order valence-electron chi connectivity index (χ0n) is 10.7. The van der Waals surface area contributed by atoms with Crippen LogP contribution in [0.2, 0.25) is 0 Å². The van der Waals surface area contributed by atoms with E-state index in [1.165, 1.54) is 0 Å². The van der Waals surface area contributed by atoms with Crippen molar-refractivity contribution < 1.29 is 14.7 Å². The third-order valence-electron chi connectivity index (χ3n) is 2.86. The summed E-state index contributed by atoms with van der Waals surface area (Å²) in [4.78, 5) is 22.6. The maximum Gasteiger partial charge on any atom is 0.307 e. The fraction of sp³-hybridized carbons (Fsp3) is 0.429. The van der Waals surface area contributed by atoms with Crippen LogP contribution in [0.25, 0.3) is 0 Å². The summed E-state index contributed by atoms with van der Waals surface area (Å²) in [6.45, 7) is 4.05. The second-order valence-electron chi connectivity index (χ2n) is 4.66. The lowest BCUT2D eigenvalue weighted by Gasteiger charge is -2.15. The molecule has 0 aromatic heterocycles. The number of carboxylic acids is 1. The summed E-state index contributed by atoms with van der Waals surface area (Å²) in [5, 5.41) is 11.7. The third kappa shape index (κ3) is 4.57. The van der Waals surface area contributed by atoms with Gasteiger partial charge in [-0.3, -0.25) is 9.59 Å². The monoisotopic (exact) mass is 249 g/mol. The lowest BCUT2D eigenvalue weighted by molar-refractivity contribution is -0.145. The summed E-state index contributed by atoms with van der Waals surface area (Å²) in [5.74, 6) is -1.81. The van der Waals surface area contributed by atoms with Gasteiger partial charge < -0.3 is 10.4 Å². The number of carbonyl (C=O) groups excluding carboxylic acids is 1. The molecule has 4 heteroatoms. The van der Waals surface area contributed by atoms with Gasteiger partial charge in [0.25, 0.3) is 0 Å². The van der Waals surface area contributed by atoms with Crippen molar-refractivity contribution in [1.29, 1.82) is 0 Å². The molecule has 1 rings (SSSR count). The van der Waals surface area contributed by atoms with E-state index in [1.54, 1.807) is 0 Å². The van der Waals surface area contributed by atoms with Crippen molar-refractivity contribution in [3.63, 3.8) is 0 Å². The summed E-state index contributed by atoms with van der Waals surface area (Å²) in [5.41, 5.74) is 1.00. The molecule has 1 aromatic rings. The molecule has 0 heterocycles. The second kappa shape index (κ2) is 6.79.